The zero-order valence-electron chi connectivity index (χ0n) is 16.3. The van der Waals surface area contributed by atoms with E-state index in [-0.39, 0.29) is 12.0 Å². The molecule has 0 fully saturated rings. The number of para-hydroxylation sites is 1. The van der Waals surface area contributed by atoms with Crippen LogP contribution in [0.5, 0.6) is 5.75 Å². The molecule has 1 amide bonds. The SMILES string of the molecule is CCc1ccccc1NC(=O)c1ccnc(Nc2ccc(OC(C)C)cc2)n1. The third kappa shape index (κ3) is 5.07. The van der Waals surface area contributed by atoms with Gasteiger partial charge in [-0.2, -0.15) is 0 Å². The number of benzene rings is 2. The lowest BCUT2D eigenvalue weighted by Crippen LogP contribution is -2.15. The Morgan fingerprint density at radius 1 is 1.07 bits per heavy atom. The first kappa shape index (κ1) is 19.4. The topological polar surface area (TPSA) is 76.1 Å². The van der Waals surface area contributed by atoms with Gasteiger partial charge in [0.1, 0.15) is 11.4 Å². The van der Waals surface area contributed by atoms with Crippen LogP contribution in [0.3, 0.4) is 0 Å². The highest BCUT2D eigenvalue weighted by molar-refractivity contribution is 6.03. The summed E-state index contributed by atoms with van der Waals surface area (Å²) in [6.07, 6.45) is 2.52. The largest absolute Gasteiger partial charge is 0.491 e. The molecule has 0 aliphatic heterocycles. The molecule has 0 bridgehead atoms. The predicted molar refractivity (Wildman–Crippen MR) is 111 cm³/mol. The van der Waals surface area contributed by atoms with Crippen molar-refractivity contribution in [3.8, 4) is 5.75 Å². The van der Waals surface area contributed by atoms with Gasteiger partial charge in [-0.05, 0) is 62.2 Å². The second-order valence-electron chi connectivity index (χ2n) is 6.55. The number of hydrogen-bond acceptors (Lipinski definition) is 5. The zero-order chi connectivity index (χ0) is 19.9. The lowest BCUT2D eigenvalue weighted by Gasteiger charge is -2.11. The first-order valence-electron chi connectivity index (χ1n) is 9.31. The molecule has 0 aliphatic rings. The normalized spacial score (nSPS) is 10.6. The van der Waals surface area contributed by atoms with Gasteiger partial charge in [-0.15, -0.1) is 0 Å². The summed E-state index contributed by atoms with van der Waals surface area (Å²) < 4.78 is 5.63. The van der Waals surface area contributed by atoms with Crippen LogP contribution >= 0.6 is 0 Å². The Morgan fingerprint density at radius 3 is 2.54 bits per heavy atom. The molecule has 6 heteroatoms. The molecule has 0 saturated carbocycles. The smallest absolute Gasteiger partial charge is 0.274 e. The molecular formula is C22H24N4O2. The molecule has 144 valence electrons. The standard InChI is InChI=1S/C22H24N4O2/c1-4-16-7-5-6-8-19(16)25-21(27)20-13-14-23-22(26-20)24-17-9-11-18(12-10-17)28-15(2)3/h5-15H,4H2,1-3H3,(H,25,27)(H,23,24,26). The van der Waals surface area contributed by atoms with Gasteiger partial charge in [-0.3, -0.25) is 4.79 Å². The minimum atomic E-state index is -0.271. The van der Waals surface area contributed by atoms with Crippen LogP contribution in [0.25, 0.3) is 0 Å². The monoisotopic (exact) mass is 376 g/mol. The van der Waals surface area contributed by atoms with Crippen LogP contribution < -0.4 is 15.4 Å². The molecule has 0 unspecified atom stereocenters. The van der Waals surface area contributed by atoms with Crippen molar-refractivity contribution in [3.63, 3.8) is 0 Å². The Labute approximate surface area is 165 Å². The lowest BCUT2D eigenvalue weighted by atomic mass is 10.1. The number of aryl methyl sites for hydroxylation is 1. The van der Waals surface area contributed by atoms with E-state index in [9.17, 15) is 4.79 Å². The van der Waals surface area contributed by atoms with Gasteiger partial charge < -0.3 is 15.4 Å². The Balaban J connectivity index is 1.70. The zero-order valence-corrected chi connectivity index (χ0v) is 16.3. The molecule has 2 N–H and O–H groups in total. The molecule has 28 heavy (non-hydrogen) atoms. The Kier molecular flexibility index (Phi) is 6.22. The van der Waals surface area contributed by atoms with Crippen molar-refractivity contribution in [1.29, 1.82) is 0 Å². The molecule has 1 aromatic heterocycles. The molecule has 0 atom stereocenters. The maximum atomic E-state index is 12.6. The Bertz CT molecular complexity index is 939. The molecule has 2 aromatic carbocycles. The van der Waals surface area contributed by atoms with Gasteiger partial charge in [0.2, 0.25) is 5.95 Å². The quantitative estimate of drug-likeness (QED) is 0.618. The summed E-state index contributed by atoms with van der Waals surface area (Å²) in [6, 6.07) is 16.8. The highest BCUT2D eigenvalue weighted by atomic mass is 16.5. The van der Waals surface area contributed by atoms with Crippen molar-refractivity contribution in [3.05, 3.63) is 72.1 Å². The first-order chi connectivity index (χ1) is 13.5. The summed E-state index contributed by atoms with van der Waals surface area (Å²) in [5.74, 6) is 0.880. The fourth-order valence-corrected chi connectivity index (χ4v) is 2.70. The summed E-state index contributed by atoms with van der Waals surface area (Å²) in [6.45, 7) is 6.01. The number of ether oxygens (including phenoxy) is 1. The number of carbonyl (C=O) groups is 1. The molecule has 0 spiro atoms. The minimum absolute atomic E-state index is 0.121. The third-order valence-electron chi connectivity index (χ3n) is 4.02. The fourth-order valence-electron chi connectivity index (χ4n) is 2.70. The summed E-state index contributed by atoms with van der Waals surface area (Å²) in [5, 5.41) is 6.03. The number of carbonyl (C=O) groups excluding carboxylic acids is 1. The van der Waals surface area contributed by atoms with Crippen LogP contribution in [0.1, 0.15) is 36.8 Å². The minimum Gasteiger partial charge on any atom is -0.491 e. The second kappa shape index (κ2) is 8.99. The van der Waals surface area contributed by atoms with E-state index in [2.05, 4.69) is 27.5 Å². The molecule has 0 aliphatic carbocycles. The number of nitrogens with zero attached hydrogens (tertiary/aromatic N) is 2. The number of hydrogen-bond donors (Lipinski definition) is 2. The number of nitrogens with one attached hydrogen (secondary N) is 2. The second-order valence-corrected chi connectivity index (χ2v) is 6.55. The average molecular weight is 376 g/mol. The molecule has 3 rings (SSSR count). The van der Waals surface area contributed by atoms with Gasteiger partial charge in [0.25, 0.3) is 5.91 Å². The number of aromatic nitrogens is 2. The van der Waals surface area contributed by atoms with Crippen LogP contribution in [-0.4, -0.2) is 22.0 Å². The number of rotatable bonds is 7. The van der Waals surface area contributed by atoms with E-state index in [0.29, 0.717) is 11.6 Å². The molecule has 6 nitrogen and oxygen atoms in total. The molecular weight excluding hydrogens is 352 g/mol. The number of anilines is 3. The summed E-state index contributed by atoms with van der Waals surface area (Å²) in [5.41, 5.74) is 2.98. The maximum absolute atomic E-state index is 12.6. The van der Waals surface area contributed by atoms with Crippen molar-refractivity contribution in [2.75, 3.05) is 10.6 Å². The van der Waals surface area contributed by atoms with E-state index in [1.54, 1.807) is 12.3 Å². The van der Waals surface area contributed by atoms with Crippen molar-refractivity contribution in [1.82, 2.24) is 9.97 Å². The average Bonchev–Trinajstić information content (AvgIpc) is 2.70. The van der Waals surface area contributed by atoms with Gasteiger partial charge in [0.15, 0.2) is 0 Å². The van der Waals surface area contributed by atoms with Crippen LogP contribution in [0.4, 0.5) is 17.3 Å². The van der Waals surface area contributed by atoms with Crippen molar-refractivity contribution >= 4 is 23.2 Å². The van der Waals surface area contributed by atoms with E-state index in [4.69, 9.17) is 4.74 Å². The Hall–Kier alpha value is -3.41. The van der Waals surface area contributed by atoms with E-state index in [0.717, 1.165) is 29.1 Å². The van der Waals surface area contributed by atoms with E-state index < -0.39 is 0 Å². The van der Waals surface area contributed by atoms with Crippen molar-refractivity contribution < 1.29 is 9.53 Å². The third-order valence-corrected chi connectivity index (χ3v) is 4.02. The van der Waals surface area contributed by atoms with E-state index >= 15 is 0 Å². The van der Waals surface area contributed by atoms with Crippen LogP contribution in [0, 0.1) is 0 Å². The van der Waals surface area contributed by atoms with Gasteiger partial charge in [0, 0.05) is 17.6 Å². The van der Waals surface area contributed by atoms with Gasteiger partial charge >= 0.3 is 0 Å². The molecule has 1 heterocycles. The maximum Gasteiger partial charge on any atom is 0.274 e. The van der Waals surface area contributed by atoms with Crippen LogP contribution in [0.2, 0.25) is 0 Å². The van der Waals surface area contributed by atoms with E-state index in [1.165, 1.54) is 0 Å². The Morgan fingerprint density at radius 2 is 1.82 bits per heavy atom. The van der Waals surface area contributed by atoms with Crippen LogP contribution in [-0.2, 0) is 6.42 Å². The summed E-state index contributed by atoms with van der Waals surface area (Å²) in [4.78, 5) is 21.1. The summed E-state index contributed by atoms with van der Waals surface area (Å²) >= 11 is 0. The predicted octanol–water partition coefficient (Wildman–Crippen LogP) is 4.82. The van der Waals surface area contributed by atoms with E-state index in [1.807, 2.05) is 62.4 Å². The molecule has 3 aromatic rings. The van der Waals surface area contributed by atoms with Crippen molar-refractivity contribution in [2.45, 2.75) is 33.3 Å². The highest BCUT2D eigenvalue weighted by Crippen LogP contribution is 2.20. The van der Waals surface area contributed by atoms with Gasteiger partial charge in [-0.25, -0.2) is 9.97 Å². The first-order valence-corrected chi connectivity index (χ1v) is 9.31. The fraction of sp³-hybridized carbons (Fsp3) is 0.227. The van der Waals surface area contributed by atoms with Crippen LogP contribution in [0.15, 0.2) is 60.8 Å². The highest BCUT2D eigenvalue weighted by Gasteiger charge is 2.11. The number of amides is 1. The molecule has 0 saturated heterocycles. The van der Waals surface area contributed by atoms with Gasteiger partial charge in [0.05, 0.1) is 6.10 Å². The molecule has 0 radical (unpaired) electrons. The van der Waals surface area contributed by atoms with Gasteiger partial charge in [-0.1, -0.05) is 25.1 Å². The van der Waals surface area contributed by atoms with Crippen molar-refractivity contribution in [2.24, 2.45) is 0 Å². The lowest BCUT2D eigenvalue weighted by molar-refractivity contribution is 0.102. The summed E-state index contributed by atoms with van der Waals surface area (Å²) in [7, 11) is 0.